The molecule has 1 aliphatic rings. The second-order valence-electron chi connectivity index (χ2n) is 8.67. The van der Waals surface area contributed by atoms with Crippen LogP contribution >= 0.6 is 0 Å². The van der Waals surface area contributed by atoms with Gasteiger partial charge in [-0.2, -0.15) is 0 Å². The lowest BCUT2D eigenvalue weighted by molar-refractivity contribution is -0.133. The van der Waals surface area contributed by atoms with Gasteiger partial charge >= 0.3 is 0 Å². The Bertz CT molecular complexity index is 1170. The molecule has 0 atom stereocenters. The van der Waals surface area contributed by atoms with Gasteiger partial charge in [0.1, 0.15) is 11.5 Å². The summed E-state index contributed by atoms with van der Waals surface area (Å²) in [5.74, 6) is 3.78. The minimum Gasteiger partial charge on any atom is -0.494 e. The number of aromatic nitrogens is 2. The van der Waals surface area contributed by atoms with Crippen LogP contribution in [0.2, 0.25) is 0 Å². The molecule has 1 amide bonds. The van der Waals surface area contributed by atoms with Crippen molar-refractivity contribution in [3.05, 3.63) is 48.5 Å². The van der Waals surface area contributed by atoms with Crippen molar-refractivity contribution in [1.82, 2.24) is 15.1 Å². The Morgan fingerprint density at radius 1 is 0.816 bits per heavy atom. The van der Waals surface area contributed by atoms with Crippen molar-refractivity contribution < 1.29 is 28.5 Å². The third-order valence-electron chi connectivity index (χ3n) is 6.23. The highest BCUT2D eigenvalue weighted by Gasteiger charge is 2.23. The predicted molar refractivity (Wildman–Crippen MR) is 144 cm³/mol. The van der Waals surface area contributed by atoms with E-state index < -0.39 is 0 Å². The van der Waals surface area contributed by atoms with E-state index >= 15 is 0 Å². The summed E-state index contributed by atoms with van der Waals surface area (Å²) in [6, 6.07) is 14.8. The van der Waals surface area contributed by atoms with Gasteiger partial charge in [-0.25, -0.2) is 0 Å². The molecule has 0 unspecified atom stereocenters. The summed E-state index contributed by atoms with van der Waals surface area (Å²) < 4.78 is 27.5. The fourth-order valence-corrected chi connectivity index (χ4v) is 4.15. The minimum atomic E-state index is -0.0419. The molecule has 0 bridgehead atoms. The number of anilines is 1. The maximum atomic E-state index is 12.7. The van der Waals surface area contributed by atoms with Crippen LogP contribution in [-0.2, 0) is 4.79 Å². The van der Waals surface area contributed by atoms with Crippen molar-refractivity contribution in [1.29, 1.82) is 0 Å². The second kappa shape index (κ2) is 12.8. The van der Waals surface area contributed by atoms with E-state index in [0.29, 0.717) is 61.5 Å². The zero-order valence-electron chi connectivity index (χ0n) is 22.3. The van der Waals surface area contributed by atoms with Crippen LogP contribution in [0.15, 0.2) is 48.5 Å². The summed E-state index contributed by atoms with van der Waals surface area (Å²) in [5.41, 5.74) is 1.49. The van der Waals surface area contributed by atoms with Gasteiger partial charge in [-0.3, -0.25) is 4.79 Å². The summed E-state index contributed by atoms with van der Waals surface area (Å²) in [6.07, 6.45) is 0.951. The number of ether oxygens (including phenoxy) is 5. The van der Waals surface area contributed by atoms with Crippen molar-refractivity contribution in [2.24, 2.45) is 0 Å². The maximum Gasteiger partial charge on any atom is 0.260 e. The molecule has 4 rings (SSSR count). The number of carbonyl (C=O) groups excluding carboxylic acids is 1. The highest BCUT2D eigenvalue weighted by molar-refractivity contribution is 5.78. The minimum absolute atomic E-state index is 0.00154. The first-order valence-corrected chi connectivity index (χ1v) is 12.6. The smallest absolute Gasteiger partial charge is 0.260 e. The van der Waals surface area contributed by atoms with Crippen LogP contribution in [0.5, 0.6) is 28.7 Å². The zero-order chi connectivity index (χ0) is 26.9. The lowest BCUT2D eigenvalue weighted by atomic mass is 10.1. The van der Waals surface area contributed by atoms with Crippen molar-refractivity contribution in [3.8, 4) is 40.0 Å². The van der Waals surface area contributed by atoms with E-state index in [1.807, 2.05) is 53.4 Å². The Labute approximate surface area is 223 Å². The Balaban J connectivity index is 1.30. The van der Waals surface area contributed by atoms with Crippen molar-refractivity contribution in [2.75, 3.05) is 65.6 Å². The van der Waals surface area contributed by atoms with E-state index in [1.165, 1.54) is 0 Å². The molecular weight excluding hydrogens is 488 g/mol. The van der Waals surface area contributed by atoms with E-state index in [0.717, 1.165) is 23.6 Å². The molecule has 0 saturated carbocycles. The lowest BCUT2D eigenvalue weighted by Gasteiger charge is -2.35. The zero-order valence-corrected chi connectivity index (χ0v) is 22.3. The molecule has 0 aliphatic carbocycles. The van der Waals surface area contributed by atoms with E-state index in [9.17, 15) is 4.79 Å². The summed E-state index contributed by atoms with van der Waals surface area (Å²) in [4.78, 5) is 16.6. The van der Waals surface area contributed by atoms with Gasteiger partial charge in [-0.1, -0.05) is 6.92 Å². The topological polar surface area (TPSA) is 95.5 Å². The van der Waals surface area contributed by atoms with Crippen LogP contribution in [0.4, 0.5) is 5.82 Å². The van der Waals surface area contributed by atoms with Gasteiger partial charge in [-0.05, 0) is 55.0 Å². The van der Waals surface area contributed by atoms with Crippen LogP contribution < -0.4 is 28.6 Å². The molecule has 38 heavy (non-hydrogen) atoms. The van der Waals surface area contributed by atoms with Crippen LogP contribution in [0.25, 0.3) is 11.3 Å². The molecule has 0 N–H and O–H groups in total. The van der Waals surface area contributed by atoms with Gasteiger partial charge in [0.25, 0.3) is 5.91 Å². The number of hydrogen-bond donors (Lipinski definition) is 0. The molecule has 1 saturated heterocycles. The Hall–Kier alpha value is -4.21. The Morgan fingerprint density at radius 3 is 1.97 bits per heavy atom. The van der Waals surface area contributed by atoms with E-state index in [1.54, 1.807) is 21.3 Å². The number of carbonyl (C=O) groups is 1. The number of hydrogen-bond acceptors (Lipinski definition) is 9. The molecule has 2 heterocycles. The van der Waals surface area contributed by atoms with Crippen LogP contribution in [0, 0.1) is 0 Å². The molecule has 1 aromatic heterocycles. The summed E-state index contributed by atoms with van der Waals surface area (Å²) in [7, 11) is 4.72. The quantitative estimate of drug-likeness (QED) is 0.374. The largest absolute Gasteiger partial charge is 0.494 e. The fraction of sp³-hybridized carbons (Fsp3) is 0.393. The van der Waals surface area contributed by atoms with Gasteiger partial charge in [0.2, 0.25) is 5.75 Å². The van der Waals surface area contributed by atoms with E-state index in [-0.39, 0.29) is 12.5 Å². The lowest BCUT2D eigenvalue weighted by Crippen LogP contribution is -2.50. The summed E-state index contributed by atoms with van der Waals surface area (Å²) in [6.45, 7) is 5.23. The number of benzene rings is 2. The molecular formula is C28H34N4O6. The first-order chi connectivity index (χ1) is 18.6. The van der Waals surface area contributed by atoms with Crippen molar-refractivity contribution >= 4 is 11.7 Å². The monoisotopic (exact) mass is 522 g/mol. The third kappa shape index (κ3) is 6.37. The number of methoxy groups -OCH3 is 3. The first-order valence-electron chi connectivity index (χ1n) is 12.6. The first kappa shape index (κ1) is 26.8. The van der Waals surface area contributed by atoms with Crippen LogP contribution in [-0.4, -0.2) is 81.7 Å². The highest BCUT2D eigenvalue weighted by atomic mass is 16.5. The standard InChI is InChI=1S/C28H34N4O6/c1-5-16-37-21-6-8-22(9-7-21)38-19-27(33)32-14-12-31(13-15-32)26-11-10-23(29-30-26)20-17-24(34-2)28(36-4)25(18-20)35-3/h6-11,17-18H,5,12-16,19H2,1-4H3. The fourth-order valence-electron chi connectivity index (χ4n) is 4.15. The number of rotatable bonds is 11. The van der Waals surface area contributed by atoms with Gasteiger partial charge in [-0.15, -0.1) is 10.2 Å². The van der Waals surface area contributed by atoms with Crippen LogP contribution in [0.1, 0.15) is 13.3 Å². The summed E-state index contributed by atoms with van der Waals surface area (Å²) >= 11 is 0. The summed E-state index contributed by atoms with van der Waals surface area (Å²) in [5, 5.41) is 8.85. The van der Waals surface area contributed by atoms with Crippen molar-refractivity contribution in [3.63, 3.8) is 0 Å². The highest BCUT2D eigenvalue weighted by Crippen LogP contribution is 2.40. The van der Waals surface area contributed by atoms with Crippen molar-refractivity contribution in [2.45, 2.75) is 13.3 Å². The molecule has 10 heteroatoms. The van der Waals surface area contributed by atoms with Gasteiger partial charge in [0.05, 0.1) is 33.6 Å². The van der Waals surface area contributed by atoms with E-state index in [2.05, 4.69) is 22.0 Å². The molecule has 0 spiro atoms. The molecule has 10 nitrogen and oxygen atoms in total. The third-order valence-corrected chi connectivity index (χ3v) is 6.23. The Kier molecular flexibility index (Phi) is 9.07. The second-order valence-corrected chi connectivity index (χ2v) is 8.67. The number of piperazine rings is 1. The average molecular weight is 523 g/mol. The van der Waals surface area contributed by atoms with Crippen LogP contribution in [0.3, 0.4) is 0 Å². The van der Waals surface area contributed by atoms with Gasteiger partial charge in [0, 0.05) is 31.7 Å². The molecule has 2 aromatic carbocycles. The SMILES string of the molecule is CCCOc1ccc(OCC(=O)N2CCN(c3ccc(-c4cc(OC)c(OC)c(OC)c4)nn3)CC2)cc1. The molecule has 3 aromatic rings. The molecule has 202 valence electrons. The predicted octanol–water partition coefficient (Wildman–Crippen LogP) is 3.69. The maximum absolute atomic E-state index is 12.7. The number of amides is 1. The van der Waals surface area contributed by atoms with Gasteiger partial charge in [0.15, 0.2) is 23.9 Å². The normalized spacial score (nSPS) is 13.2. The Morgan fingerprint density at radius 2 is 1.45 bits per heavy atom. The van der Waals surface area contributed by atoms with Gasteiger partial charge < -0.3 is 33.5 Å². The van der Waals surface area contributed by atoms with E-state index in [4.69, 9.17) is 23.7 Å². The molecule has 1 aliphatic heterocycles. The number of nitrogens with zero attached hydrogens (tertiary/aromatic N) is 4. The molecule has 1 fully saturated rings. The average Bonchev–Trinajstić information content (AvgIpc) is 2.98. The molecule has 0 radical (unpaired) electrons.